The number of H-pyrrole nitrogens is 1. The molecule has 3 aromatic rings. The van der Waals surface area contributed by atoms with Gasteiger partial charge in [0.05, 0.1) is 8.40 Å². The van der Waals surface area contributed by atoms with Crippen molar-refractivity contribution >= 4 is 44.1 Å². The lowest BCUT2D eigenvalue weighted by atomic mass is 10.3. The van der Waals surface area contributed by atoms with Gasteiger partial charge >= 0.3 is 0 Å². The maximum absolute atomic E-state index is 11.9. The Morgan fingerprint density at radius 2 is 2.24 bits per heavy atom. The van der Waals surface area contributed by atoms with Crippen molar-refractivity contribution in [1.82, 2.24) is 15.0 Å². The number of hydrogen-bond acceptors (Lipinski definition) is 4. The average Bonchev–Trinajstić information content (AvgIpc) is 2.71. The summed E-state index contributed by atoms with van der Waals surface area (Å²) in [6, 6.07) is 7.42. The average molecular weight is 355 g/mol. The molecule has 0 saturated heterocycles. The molecule has 0 radical (unpaired) electrons. The van der Waals surface area contributed by atoms with Gasteiger partial charge in [-0.1, -0.05) is 6.07 Å². The first-order valence-electron chi connectivity index (χ1n) is 4.85. The molecular weight excluding hydrogens is 349 g/mol. The van der Waals surface area contributed by atoms with Crippen molar-refractivity contribution in [1.29, 1.82) is 0 Å². The number of rotatable bonds is 1. The Kier molecular flexibility index (Phi) is 2.67. The summed E-state index contributed by atoms with van der Waals surface area (Å²) in [4.78, 5) is 23.2. The van der Waals surface area contributed by atoms with E-state index in [2.05, 4.69) is 37.5 Å². The number of nitrogens with one attached hydrogen (secondary N) is 1. The molecule has 3 rings (SSSR count). The number of hydrogen-bond donors (Lipinski definition) is 1. The quantitative estimate of drug-likeness (QED) is 0.683. The van der Waals surface area contributed by atoms with Crippen molar-refractivity contribution < 1.29 is 0 Å². The van der Waals surface area contributed by atoms with E-state index in [1.54, 1.807) is 6.20 Å². The van der Waals surface area contributed by atoms with Crippen molar-refractivity contribution in [2.75, 3.05) is 0 Å². The molecule has 17 heavy (non-hydrogen) atoms. The number of pyridine rings is 1. The van der Waals surface area contributed by atoms with E-state index in [0.717, 1.165) is 8.40 Å². The second-order valence-electron chi connectivity index (χ2n) is 3.39. The third kappa shape index (κ3) is 1.98. The monoisotopic (exact) mass is 355 g/mol. The van der Waals surface area contributed by atoms with Gasteiger partial charge in [-0.25, -0.2) is 4.98 Å². The highest BCUT2D eigenvalue weighted by Crippen LogP contribution is 2.23. The van der Waals surface area contributed by atoms with E-state index in [0.29, 0.717) is 16.2 Å². The number of aromatic amines is 1. The van der Waals surface area contributed by atoms with Gasteiger partial charge < -0.3 is 4.98 Å². The van der Waals surface area contributed by atoms with Gasteiger partial charge in [-0.05, 0) is 40.8 Å². The predicted molar refractivity (Wildman–Crippen MR) is 76.2 cm³/mol. The Labute approximate surface area is 114 Å². The standard InChI is InChI=1S/C11H6IN3OS/c12-8-5-7-9(17-8)11(16)15-10(14-7)6-3-1-2-4-13-6/h1-5H,(H,14,15,16). The van der Waals surface area contributed by atoms with Crippen LogP contribution in [0.5, 0.6) is 0 Å². The molecule has 0 spiro atoms. The number of thiophene rings is 1. The van der Waals surface area contributed by atoms with Gasteiger partial charge in [-0.15, -0.1) is 11.3 Å². The fraction of sp³-hybridized carbons (Fsp3) is 0. The van der Waals surface area contributed by atoms with Crippen molar-refractivity contribution in [3.63, 3.8) is 0 Å². The van der Waals surface area contributed by atoms with Crippen LogP contribution in [-0.4, -0.2) is 15.0 Å². The molecule has 0 saturated carbocycles. The fourth-order valence-corrected chi connectivity index (χ4v) is 3.21. The molecule has 1 N–H and O–H groups in total. The maximum atomic E-state index is 11.9. The van der Waals surface area contributed by atoms with Crippen molar-refractivity contribution in [3.05, 3.63) is 43.7 Å². The molecule has 6 heteroatoms. The molecule has 0 unspecified atom stereocenters. The van der Waals surface area contributed by atoms with E-state index < -0.39 is 0 Å². The lowest BCUT2D eigenvalue weighted by molar-refractivity contribution is 1.15. The summed E-state index contributed by atoms with van der Waals surface area (Å²) in [7, 11) is 0. The van der Waals surface area contributed by atoms with Crippen LogP contribution in [0.25, 0.3) is 21.7 Å². The van der Waals surface area contributed by atoms with Crippen molar-refractivity contribution in [3.8, 4) is 11.5 Å². The number of fused-ring (bicyclic) bond motifs is 1. The zero-order valence-electron chi connectivity index (χ0n) is 8.48. The first-order chi connectivity index (χ1) is 8.24. The van der Waals surface area contributed by atoms with Crippen molar-refractivity contribution in [2.24, 2.45) is 0 Å². The van der Waals surface area contributed by atoms with Crippen LogP contribution in [0.4, 0.5) is 0 Å². The second-order valence-corrected chi connectivity index (χ2v) is 6.34. The summed E-state index contributed by atoms with van der Waals surface area (Å²) in [5, 5.41) is 0. The molecule has 0 aliphatic carbocycles. The van der Waals surface area contributed by atoms with Crippen LogP contribution in [0.15, 0.2) is 35.3 Å². The summed E-state index contributed by atoms with van der Waals surface area (Å²) in [6.45, 7) is 0. The molecular formula is C11H6IN3OS. The minimum atomic E-state index is -0.108. The van der Waals surface area contributed by atoms with Gasteiger partial charge in [0, 0.05) is 6.20 Å². The second kappa shape index (κ2) is 4.19. The lowest BCUT2D eigenvalue weighted by Crippen LogP contribution is -2.07. The molecule has 0 aliphatic rings. The first-order valence-corrected chi connectivity index (χ1v) is 6.74. The van der Waals surface area contributed by atoms with Crippen LogP contribution in [0.2, 0.25) is 0 Å². The Bertz CT molecular complexity index is 735. The van der Waals surface area contributed by atoms with E-state index in [4.69, 9.17) is 0 Å². The number of nitrogens with zero attached hydrogens (tertiary/aromatic N) is 2. The van der Waals surface area contributed by atoms with Gasteiger partial charge in [0.25, 0.3) is 5.56 Å². The van der Waals surface area contributed by atoms with Gasteiger partial charge in [0.2, 0.25) is 0 Å². The van der Waals surface area contributed by atoms with Gasteiger partial charge in [0.1, 0.15) is 10.4 Å². The summed E-state index contributed by atoms with van der Waals surface area (Å²) in [6.07, 6.45) is 1.68. The van der Waals surface area contributed by atoms with Gasteiger partial charge in [0.15, 0.2) is 5.82 Å². The molecule has 4 nitrogen and oxygen atoms in total. The summed E-state index contributed by atoms with van der Waals surface area (Å²) in [5.74, 6) is 0.511. The van der Waals surface area contributed by atoms with E-state index in [9.17, 15) is 4.79 Å². The lowest BCUT2D eigenvalue weighted by Gasteiger charge is -1.98. The molecule has 0 bridgehead atoms. The van der Waals surface area contributed by atoms with E-state index in [-0.39, 0.29) is 5.56 Å². The molecule has 3 heterocycles. The topological polar surface area (TPSA) is 58.6 Å². The summed E-state index contributed by atoms with van der Waals surface area (Å²) in [5.41, 5.74) is 1.29. The first kappa shape index (κ1) is 10.8. The van der Waals surface area contributed by atoms with Gasteiger partial charge in [-0.2, -0.15) is 0 Å². The zero-order chi connectivity index (χ0) is 11.8. The van der Waals surface area contributed by atoms with Crippen LogP contribution in [0.3, 0.4) is 0 Å². The largest absolute Gasteiger partial charge is 0.304 e. The molecule has 84 valence electrons. The van der Waals surface area contributed by atoms with Crippen molar-refractivity contribution in [2.45, 2.75) is 0 Å². The minimum Gasteiger partial charge on any atom is -0.304 e. The van der Waals surface area contributed by atoms with Crippen LogP contribution in [0, 0.1) is 2.88 Å². The summed E-state index contributed by atoms with van der Waals surface area (Å²) >= 11 is 3.63. The highest BCUT2D eigenvalue weighted by Gasteiger charge is 2.09. The van der Waals surface area contributed by atoms with Crippen LogP contribution in [-0.2, 0) is 0 Å². The Morgan fingerprint density at radius 3 is 3.00 bits per heavy atom. The molecule has 0 aromatic carbocycles. The smallest absolute Gasteiger partial charge is 0.269 e. The Morgan fingerprint density at radius 1 is 1.35 bits per heavy atom. The zero-order valence-corrected chi connectivity index (χ0v) is 11.4. The van der Waals surface area contributed by atoms with E-state index in [1.807, 2.05) is 24.3 Å². The highest BCUT2D eigenvalue weighted by atomic mass is 127. The molecule has 0 aliphatic heterocycles. The molecule has 3 aromatic heterocycles. The summed E-state index contributed by atoms with van der Waals surface area (Å²) < 4.78 is 1.71. The molecule has 0 atom stereocenters. The van der Waals surface area contributed by atoms with Crippen LogP contribution < -0.4 is 5.56 Å². The third-order valence-electron chi connectivity index (χ3n) is 2.26. The normalized spacial score (nSPS) is 10.9. The molecule has 0 fully saturated rings. The highest BCUT2D eigenvalue weighted by molar-refractivity contribution is 14.1. The fourth-order valence-electron chi connectivity index (χ4n) is 1.53. The van der Waals surface area contributed by atoms with E-state index in [1.165, 1.54) is 11.3 Å². The number of aromatic nitrogens is 3. The van der Waals surface area contributed by atoms with Crippen LogP contribution in [0.1, 0.15) is 0 Å². The Hall–Kier alpha value is -1.28. The molecule has 0 amide bonds. The number of halogens is 1. The SMILES string of the molecule is O=c1[nH]c(-c2ccccn2)nc2cc(I)sc12. The van der Waals surface area contributed by atoms with Gasteiger partial charge in [-0.3, -0.25) is 9.78 Å². The van der Waals surface area contributed by atoms with Crippen LogP contribution >= 0.6 is 33.9 Å². The van der Waals surface area contributed by atoms with E-state index >= 15 is 0 Å². The maximum Gasteiger partial charge on any atom is 0.269 e. The minimum absolute atomic E-state index is 0.108. The Balaban J connectivity index is 2.29. The predicted octanol–water partition coefficient (Wildman–Crippen LogP) is 2.65. The third-order valence-corrected chi connectivity index (χ3v) is 4.14.